The molecule has 0 unspecified atom stereocenters. The molecule has 1 aromatic carbocycles. The minimum Gasteiger partial charge on any atom is -0.292 e. The van der Waals surface area contributed by atoms with Crippen LogP contribution in [0.1, 0.15) is 34.0 Å². The molecular formula is C20H19NO. The van der Waals surface area contributed by atoms with Gasteiger partial charge in [-0.2, -0.15) is 0 Å². The minimum atomic E-state index is 0.0348. The number of hydrogen-bond acceptors (Lipinski definition) is 2. The maximum Gasteiger partial charge on any atom is 0.185 e. The summed E-state index contributed by atoms with van der Waals surface area (Å²) in [6.45, 7) is 2.10. The van der Waals surface area contributed by atoms with Gasteiger partial charge in [0, 0.05) is 18.0 Å². The third kappa shape index (κ3) is 2.10. The van der Waals surface area contributed by atoms with Crippen molar-refractivity contribution in [3.05, 3.63) is 77.6 Å². The molecule has 2 aliphatic rings. The van der Waals surface area contributed by atoms with Gasteiger partial charge in [0.25, 0.3) is 0 Å². The Balaban J connectivity index is 1.72. The van der Waals surface area contributed by atoms with Crippen LogP contribution in [0.3, 0.4) is 0 Å². The second kappa shape index (κ2) is 5.20. The Labute approximate surface area is 130 Å². The van der Waals surface area contributed by atoms with Crippen molar-refractivity contribution in [2.45, 2.75) is 19.3 Å². The van der Waals surface area contributed by atoms with Crippen molar-refractivity contribution in [2.24, 2.45) is 17.8 Å². The van der Waals surface area contributed by atoms with Gasteiger partial charge in [-0.1, -0.05) is 48.0 Å². The van der Waals surface area contributed by atoms with Crippen LogP contribution < -0.4 is 0 Å². The zero-order valence-corrected chi connectivity index (χ0v) is 12.6. The predicted octanol–water partition coefficient (Wildman–Crippen LogP) is 4.18. The number of hydrogen-bond donors (Lipinski definition) is 0. The first-order chi connectivity index (χ1) is 10.7. The highest BCUT2D eigenvalue weighted by atomic mass is 16.1. The first kappa shape index (κ1) is 13.4. The van der Waals surface area contributed by atoms with Crippen LogP contribution in [0, 0.1) is 24.7 Å². The Morgan fingerprint density at radius 1 is 1.05 bits per heavy atom. The number of benzene rings is 1. The number of aryl methyl sites for hydroxylation is 1. The number of allylic oxidation sites excluding steroid dienone is 2. The van der Waals surface area contributed by atoms with Crippen LogP contribution in [-0.2, 0) is 0 Å². The van der Waals surface area contributed by atoms with E-state index in [0.717, 1.165) is 6.42 Å². The molecule has 1 aromatic heterocycles. The second-order valence-corrected chi connectivity index (χ2v) is 6.49. The summed E-state index contributed by atoms with van der Waals surface area (Å²) in [6.07, 6.45) is 7.34. The lowest BCUT2D eigenvalue weighted by molar-refractivity contribution is 0.0881. The average Bonchev–Trinajstić information content (AvgIpc) is 3.17. The molecule has 0 aliphatic heterocycles. The molecular weight excluding hydrogens is 270 g/mol. The molecule has 22 heavy (non-hydrogen) atoms. The normalized spacial score (nSPS) is 29.0. The Hall–Kier alpha value is -2.22. The van der Waals surface area contributed by atoms with Crippen LogP contribution in [0.15, 0.2) is 60.8 Å². The minimum absolute atomic E-state index is 0.0348. The Morgan fingerprint density at radius 3 is 2.55 bits per heavy atom. The highest BCUT2D eigenvalue weighted by Gasteiger charge is 2.48. The topological polar surface area (TPSA) is 30.0 Å². The quantitative estimate of drug-likeness (QED) is 0.627. The van der Waals surface area contributed by atoms with Gasteiger partial charge in [-0.25, -0.2) is 0 Å². The summed E-state index contributed by atoms with van der Waals surface area (Å²) >= 11 is 0. The molecule has 2 aromatic rings. The lowest BCUT2D eigenvalue weighted by atomic mass is 9.75. The molecule has 2 bridgehead atoms. The van der Waals surface area contributed by atoms with Gasteiger partial charge in [-0.3, -0.25) is 9.78 Å². The van der Waals surface area contributed by atoms with Gasteiger partial charge in [0.2, 0.25) is 0 Å². The van der Waals surface area contributed by atoms with E-state index in [2.05, 4.69) is 48.3 Å². The van der Waals surface area contributed by atoms with Gasteiger partial charge in [0.05, 0.1) is 0 Å². The van der Waals surface area contributed by atoms with Crippen molar-refractivity contribution in [2.75, 3.05) is 0 Å². The van der Waals surface area contributed by atoms with E-state index < -0.39 is 0 Å². The molecule has 2 heteroatoms. The Kier molecular flexibility index (Phi) is 3.18. The summed E-state index contributed by atoms with van der Waals surface area (Å²) < 4.78 is 0. The monoisotopic (exact) mass is 289 g/mol. The summed E-state index contributed by atoms with van der Waals surface area (Å²) in [6, 6.07) is 14.3. The summed E-state index contributed by atoms with van der Waals surface area (Å²) in [5, 5.41) is 0. The third-order valence-corrected chi connectivity index (χ3v) is 5.14. The van der Waals surface area contributed by atoms with Crippen LogP contribution in [0.5, 0.6) is 0 Å². The van der Waals surface area contributed by atoms with Gasteiger partial charge in [-0.05, 0) is 42.9 Å². The zero-order chi connectivity index (χ0) is 15.1. The molecule has 2 aliphatic carbocycles. The number of rotatable bonds is 3. The zero-order valence-electron chi connectivity index (χ0n) is 12.6. The fourth-order valence-corrected chi connectivity index (χ4v) is 4.10. The number of fused-ring (bicyclic) bond motifs is 2. The van der Waals surface area contributed by atoms with Gasteiger partial charge in [0.1, 0.15) is 5.69 Å². The molecule has 2 nitrogen and oxygen atoms in total. The van der Waals surface area contributed by atoms with Crippen LogP contribution in [-0.4, -0.2) is 10.8 Å². The molecule has 0 radical (unpaired) electrons. The fourth-order valence-electron chi connectivity index (χ4n) is 4.10. The van der Waals surface area contributed by atoms with Gasteiger partial charge < -0.3 is 0 Å². The van der Waals surface area contributed by atoms with Gasteiger partial charge in [-0.15, -0.1) is 0 Å². The van der Waals surface area contributed by atoms with Crippen molar-refractivity contribution in [3.8, 4) is 0 Å². The largest absolute Gasteiger partial charge is 0.292 e. The maximum atomic E-state index is 13.0. The Bertz CT molecular complexity index is 717. The maximum absolute atomic E-state index is 13.0. The van der Waals surface area contributed by atoms with Crippen molar-refractivity contribution < 1.29 is 4.79 Å². The number of ketones is 1. The van der Waals surface area contributed by atoms with E-state index in [0.29, 0.717) is 23.4 Å². The van der Waals surface area contributed by atoms with E-state index >= 15 is 0 Å². The van der Waals surface area contributed by atoms with E-state index in [1.165, 1.54) is 11.1 Å². The Morgan fingerprint density at radius 2 is 1.82 bits per heavy atom. The molecule has 4 atom stereocenters. The molecule has 1 heterocycles. The van der Waals surface area contributed by atoms with E-state index in [-0.39, 0.29) is 11.7 Å². The molecule has 1 saturated carbocycles. The smallest absolute Gasteiger partial charge is 0.185 e. The molecule has 0 amide bonds. The summed E-state index contributed by atoms with van der Waals surface area (Å²) in [5.74, 6) is 1.39. The summed E-state index contributed by atoms with van der Waals surface area (Å²) in [7, 11) is 0. The highest BCUT2D eigenvalue weighted by molar-refractivity contribution is 5.97. The summed E-state index contributed by atoms with van der Waals surface area (Å²) in [4.78, 5) is 17.3. The predicted molar refractivity (Wildman–Crippen MR) is 86.7 cm³/mol. The average molecular weight is 289 g/mol. The molecule has 4 rings (SSSR count). The van der Waals surface area contributed by atoms with Crippen molar-refractivity contribution in [1.29, 1.82) is 0 Å². The standard InChI is InChI=1S/C20H19NO/c1-13-5-7-14(8-6-13)18-15-9-10-16(12-15)19(18)20(22)17-4-2-3-11-21-17/h2-11,15-16,18-19H,12H2,1H3/t15-,16+,18-,19-/m1/s1. The van der Waals surface area contributed by atoms with Gasteiger partial charge in [0.15, 0.2) is 5.78 Å². The second-order valence-electron chi connectivity index (χ2n) is 6.49. The van der Waals surface area contributed by atoms with Crippen molar-refractivity contribution >= 4 is 5.78 Å². The van der Waals surface area contributed by atoms with Crippen LogP contribution in [0.25, 0.3) is 0 Å². The summed E-state index contributed by atoms with van der Waals surface area (Å²) in [5.41, 5.74) is 3.15. The number of carbonyl (C=O) groups excluding carboxylic acids is 1. The molecule has 110 valence electrons. The van der Waals surface area contributed by atoms with Crippen molar-refractivity contribution in [1.82, 2.24) is 4.98 Å². The third-order valence-electron chi connectivity index (χ3n) is 5.14. The number of Topliss-reactive ketones (excluding diaryl/α,β-unsaturated/α-hetero) is 1. The molecule has 0 spiro atoms. The van der Waals surface area contributed by atoms with Crippen LogP contribution in [0.4, 0.5) is 0 Å². The number of aromatic nitrogens is 1. The van der Waals surface area contributed by atoms with Crippen molar-refractivity contribution in [3.63, 3.8) is 0 Å². The SMILES string of the molecule is Cc1ccc([C@H]2[C@H](C(=O)c3ccccn3)[C@H]3C=C[C@@H]2C3)cc1. The number of nitrogens with zero attached hydrogens (tertiary/aromatic N) is 1. The lowest BCUT2D eigenvalue weighted by Crippen LogP contribution is -2.27. The van der Waals surface area contributed by atoms with E-state index in [1.807, 2.05) is 18.2 Å². The van der Waals surface area contributed by atoms with Crippen LogP contribution in [0.2, 0.25) is 0 Å². The van der Waals surface area contributed by atoms with E-state index in [1.54, 1.807) is 6.20 Å². The fraction of sp³-hybridized carbons (Fsp3) is 0.300. The number of carbonyl (C=O) groups is 1. The molecule has 1 fully saturated rings. The first-order valence-corrected chi connectivity index (χ1v) is 7.94. The lowest BCUT2D eigenvalue weighted by Gasteiger charge is -2.27. The molecule has 0 N–H and O–H groups in total. The van der Waals surface area contributed by atoms with E-state index in [4.69, 9.17) is 0 Å². The highest BCUT2D eigenvalue weighted by Crippen LogP contribution is 2.53. The van der Waals surface area contributed by atoms with Crippen LogP contribution >= 0.6 is 0 Å². The van der Waals surface area contributed by atoms with E-state index in [9.17, 15) is 4.79 Å². The number of pyridine rings is 1. The first-order valence-electron chi connectivity index (χ1n) is 7.94. The van der Waals surface area contributed by atoms with Gasteiger partial charge >= 0.3 is 0 Å². The molecule has 0 saturated heterocycles.